The summed E-state index contributed by atoms with van der Waals surface area (Å²) >= 11 is 0. The van der Waals surface area contributed by atoms with Gasteiger partial charge in [-0.3, -0.25) is 0 Å². The van der Waals surface area contributed by atoms with Gasteiger partial charge in [-0.05, 0) is 33.2 Å². The molecule has 6 nitrogen and oxygen atoms in total. The normalized spacial score (nSPS) is 20.0. The largest absolute Gasteiger partial charge is 0.382 e. The van der Waals surface area contributed by atoms with E-state index in [-0.39, 0.29) is 0 Å². The van der Waals surface area contributed by atoms with Gasteiger partial charge in [0.1, 0.15) is 11.6 Å². The van der Waals surface area contributed by atoms with Crippen LogP contribution >= 0.6 is 0 Å². The van der Waals surface area contributed by atoms with Crippen molar-refractivity contribution in [2.45, 2.75) is 38.7 Å². The molecule has 2 aliphatic rings. The van der Waals surface area contributed by atoms with E-state index in [4.69, 9.17) is 19.4 Å². The van der Waals surface area contributed by atoms with Crippen LogP contribution in [0.1, 0.15) is 29.9 Å². The van der Waals surface area contributed by atoms with E-state index in [2.05, 4.69) is 16.8 Å². The van der Waals surface area contributed by atoms with Gasteiger partial charge in [-0.1, -0.05) is 0 Å². The zero-order chi connectivity index (χ0) is 16.9. The van der Waals surface area contributed by atoms with Crippen molar-refractivity contribution in [3.8, 4) is 0 Å². The quantitative estimate of drug-likeness (QED) is 0.760. The second-order valence-corrected chi connectivity index (χ2v) is 6.87. The van der Waals surface area contributed by atoms with Crippen molar-refractivity contribution in [2.24, 2.45) is 0 Å². The molecule has 0 saturated carbocycles. The molecule has 1 aromatic heterocycles. The zero-order valence-corrected chi connectivity index (χ0v) is 15.3. The molecule has 0 aromatic carbocycles. The van der Waals surface area contributed by atoms with Crippen molar-refractivity contribution in [3.05, 3.63) is 17.1 Å². The molecule has 0 aliphatic carbocycles. The van der Waals surface area contributed by atoms with Crippen LogP contribution < -0.4 is 4.90 Å². The van der Waals surface area contributed by atoms with Gasteiger partial charge in [0.25, 0.3) is 0 Å². The van der Waals surface area contributed by atoms with Crippen molar-refractivity contribution in [1.29, 1.82) is 0 Å². The molecule has 0 radical (unpaired) electrons. The topological polar surface area (TPSA) is 50.7 Å². The molecular weight excluding hydrogens is 304 g/mol. The molecule has 1 aromatic rings. The van der Waals surface area contributed by atoms with Crippen LogP contribution in [0.5, 0.6) is 0 Å². The minimum atomic E-state index is 0.351. The van der Waals surface area contributed by atoms with E-state index in [9.17, 15) is 0 Å². The third-order valence-corrected chi connectivity index (χ3v) is 5.04. The number of nitrogens with zero attached hydrogens (tertiary/aromatic N) is 4. The van der Waals surface area contributed by atoms with E-state index < -0.39 is 0 Å². The first-order chi connectivity index (χ1) is 11.7. The van der Waals surface area contributed by atoms with Crippen LogP contribution in [-0.2, 0) is 22.3 Å². The van der Waals surface area contributed by atoms with Crippen molar-refractivity contribution in [3.63, 3.8) is 0 Å². The van der Waals surface area contributed by atoms with Gasteiger partial charge in [-0.2, -0.15) is 0 Å². The molecule has 0 bridgehead atoms. The lowest BCUT2D eigenvalue weighted by Gasteiger charge is -2.34. The Hall–Kier alpha value is -1.24. The molecule has 3 rings (SSSR count). The van der Waals surface area contributed by atoms with Gasteiger partial charge in [-0.25, -0.2) is 9.97 Å². The summed E-state index contributed by atoms with van der Waals surface area (Å²) in [5.41, 5.74) is 2.61. The first kappa shape index (κ1) is 17.6. The lowest BCUT2D eigenvalue weighted by atomic mass is 10.0. The SMILES string of the molecule is COCCOC1CCN(c2nc(C)nc3c2CCN(C)CC3)CC1. The maximum Gasteiger partial charge on any atom is 0.135 e. The summed E-state index contributed by atoms with van der Waals surface area (Å²) in [5, 5.41) is 0. The highest BCUT2D eigenvalue weighted by Crippen LogP contribution is 2.27. The molecule has 2 aliphatic heterocycles. The lowest BCUT2D eigenvalue weighted by molar-refractivity contribution is 0.00603. The highest BCUT2D eigenvalue weighted by Gasteiger charge is 2.25. The third kappa shape index (κ3) is 4.23. The summed E-state index contributed by atoms with van der Waals surface area (Å²) in [4.78, 5) is 14.4. The molecule has 134 valence electrons. The number of piperidine rings is 1. The van der Waals surface area contributed by atoms with Gasteiger partial charge in [-0.15, -0.1) is 0 Å². The summed E-state index contributed by atoms with van der Waals surface area (Å²) in [6.07, 6.45) is 4.54. The van der Waals surface area contributed by atoms with E-state index in [1.165, 1.54) is 17.1 Å². The average Bonchev–Trinajstić information content (AvgIpc) is 2.77. The number of anilines is 1. The molecule has 1 fully saturated rings. The Morgan fingerprint density at radius 2 is 1.79 bits per heavy atom. The molecule has 24 heavy (non-hydrogen) atoms. The number of ether oxygens (including phenoxy) is 2. The Morgan fingerprint density at radius 1 is 1.04 bits per heavy atom. The summed E-state index contributed by atoms with van der Waals surface area (Å²) in [7, 11) is 3.90. The van der Waals surface area contributed by atoms with Crippen LogP contribution in [-0.4, -0.2) is 74.5 Å². The number of fused-ring (bicyclic) bond motifs is 1. The second-order valence-electron chi connectivity index (χ2n) is 6.87. The highest BCUT2D eigenvalue weighted by atomic mass is 16.5. The van der Waals surface area contributed by atoms with Crippen molar-refractivity contribution >= 4 is 5.82 Å². The van der Waals surface area contributed by atoms with Crippen LogP contribution in [0, 0.1) is 6.92 Å². The smallest absolute Gasteiger partial charge is 0.135 e. The molecule has 0 atom stereocenters. The van der Waals surface area contributed by atoms with E-state index in [1.54, 1.807) is 7.11 Å². The first-order valence-electron chi connectivity index (χ1n) is 9.08. The van der Waals surface area contributed by atoms with Gasteiger partial charge in [0.2, 0.25) is 0 Å². The van der Waals surface area contributed by atoms with Crippen molar-refractivity contribution < 1.29 is 9.47 Å². The van der Waals surface area contributed by atoms with Crippen LogP contribution in [0.4, 0.5) is 5.82 Å². The molecule has 0 amide bonds. The maximum atomic E-state index is 5.89. The summed E-state index contributed by atoms with van der Waals surface area (Å²) < 4.78 is 10.9. The van der Waals surface area contributed by atoms with E-state index in [0.717, 1.165) is 57.7 Å². The predicted molar refractivity (Wildman–Crippen MR) is 94.7 cm³/mol. The minimum absolute atomic E-state index is 0.351. The van der Waals surface area contributed by atoms with Crippen LogP contribution in [0.2, 0.25) is 0 Å². The fraction of sp³-hybridized carbons (Fsp3) is 0.778. The lowest BCUT2D eigenvalue weighted by Crippen LogP contribution is -2.38. The minimum Gasteiger partial charge on any atom is -0.382 e. The zero-order valence-electron chi connectivity index (χ0n) is 15.3. The number of likely N-dealkylation sites (N-methyl/N-ethyl adjacent to an activating group) is 1. The van der Waals surface area contributed by atoms with Crippen molar-refractivity contribution in [2.75, 3.05) is 58.5 Å². The Morgan fingerprint density at radius 3 is 2.54 bits per heavy atom. The molecule has 0 unspecified atom stereocenters. The van der Waals surface area contributed by atoms with Gasteiger partial charge in [0, 0.05) is 45.3 Å². The van der Waals surface area contributed by atoms with E-state index >= 15 is 0 Å². The Labute approximate surface area is 145 Å². The number of aromatic nitrogens is 2. The summed E-state index contributed by atoms with van der Waals surface area (Å²) in [5.74, 6) is 2.06. The van der Waals surface area contributed by atoms with E-state index in [0.29, 0.717) is 19.3 Å². The Balaban J connectivity index is 1.68. The Bertz CT molecular complexity index is 544. The summed E-state index contributed by atoms with van der Waals surface area (Å²) in [6.45, 7) is 7.56. The molecule has 0 spiro atoms. The monoisotopic (exact) mass is 334 g/mol. The maximum absolute atomic E-state index is 5.89. The second kappa shape index (κ2) is 8.23. The predicted octanol–water partition coefficient (Wildman–Crippen LogP) is 1.45. The number of methoxy groups -OCH3 is 1. The molecule has 3 heterocycles. The fourth-order valence-electron chi connectivity index (χ4n) is 3.61. The molecule has 0 N–H and O–H groups in total. The highest BCUT2D eigenvalue weighted by molar-refractivity contribution is 5.50. The number of rotatable bonds is 5. The third-order valence-electron chi connectivity index (χ3n) is 5.04. The fourth-order valence-corrected chi connectivity index (χ4v) is 3.61. The van der Waals surface area contributed by atoms with Crippen molar-refractivity contribution in [1.82, 2.24) is 14.9 Å². The van der Waals surface area contributed by atoms with E-state index in [1.807, 2.05) is 6.92 Å². The van der Waals surface area contributed by atoms with Gasteiger partial charge >= 0.3 is 0 Å². The molecular formula is C18H30N4O2. The van der Waals surface area contributed by atoms with Gasteiger partial charge in [0.15, 0.2) is 0 Å². The Kier molecular flexibility index (Phi) is 6.03. The van der Waals surface area contributed by atoms with Crippen LogP contribution in [0.3, 0.4) is 0 Å². The van der Waals surface area contributed by atoms with Crippen LogP contribution in [0.25, 0.3) is 0 Å². The number of hydrogen-bond donors (Lipinski definition) is 0. The first-order valence-corrected chi connectivity index (χ1v) is 9.08. The van der Waals surface area contributed by atoms with Gasteiger partial charge in [0.05, 0.1) is 25.0 Å². The molecule has 1 saturated heterocycles. The number of hydrogen-bond acceptors (Lipinski definition) is 6. The molecule has 6 heteroatoms. The average molecular weight is 334 g/mol. The summed E-state index contributed by atoms with van der Waals surface area (Å²) in [6, 6.07) is 0. The van der Waals surface area contributed by atoms with Crippen LogP contribution in [0.15, 0.2) is 0 Å². The number of aryl methyl sites for hydroxylation is 1. The van der Waals surface area contributed by atoms with Gasteiger partial charge < -0.3 is 19.3 Å². The standard InChI is InChI=1S/C18H30N4O2/c1-14-19-17-7-9-21(2)8-6-16(17)18(20-14)22-10-4-15(5-11-22)24-13-12-23-3/h15H,4-13H2,1-3H3.